The molecule has 5 aliphatic rings. The Hall–Kier alpha value is -2.74. The predicted octanol–water partition coefficient (Wildman–Crippen LogP) is 5.18. The van der Waals surface area contributed by atoms with Crippen molar-refractivity contribution in [3.63, 3.8) is 0 Å². The Balaban J connectivity index is 1.24. The highest BCUT2D eigenvalue weighted by Crippen LogP contribution is 2.46. The van der Waals surface area contributed by atoms with Crippen molar-refractivity contribution in [1.29, 1.82) is 0 Å². The van der Waals surface area contributed by atoms with Crippen LogP contribution in [0.3, 0.4) is 0 Å². The summed E-state index contributed by atoms with van der Waals surface area (Å²) in [5.74, 6) is 2.12. The highest BCUT2D eigenvalue weighted by Gasteiger charge is 2.41. The van der Waals surface area contributed by atoms with Gasteiger partial charge in [0.2, 0.25) is 9.88 Å². The molecule has 7 rings (SSSR count). The number of hydrogen-bond donors (Lipinski definition) is 0. The molecule has 0 saturated carbocycles. The minimum Gasteiger partial charge on any atom is -0.269 e. The molecule has 4 nitrogen and oxygen atoms in total. The van der Waals surface area contributed by atoms with E-state index in [1.165, 1.54) is 31.5 Å². The monoisotopic (exact) mass is 484 g/mol. The summed E-state index contributed by atoms with van der Waals surface area (Å²) in [5.41, 5.74) is 2.65. The van der Waals surface area contributed by atoms with Crippen LogP contribution >= 0.6 is 15.8 Å². The number of nitrogens with zero attached hydrogens (tertiary/aromatic N) is 2. The van der Waals surface area contributed by atoms with E-state index in [0.29, 0.717) is 0 Å². The van der Waals surface area contributed by atoms with Crippen LogP contribution in [0.15, 0.2) is 96.5 Å². The highest BCUT2D eigenvalue weighted by molar-refractivity contribution is 7.42. The van der Waals surface area contributed by atoms with E-state index in [2.05, 4.69) is 94.3 Å². The molecule has 2 aromatic carbocycles. The first-order valence-electron chi connectivity index (χ1n) is 12.0. The molecule has 0 amide bonds. The zero-order chi connectivity index (χ0) is 22.5. The third-order valence-electron chi connectivity index (χ3n) is 6.99. The van der Waals surface area contributed by atoms with E-state index in [9.17, 15) is 0 Å². The molecule has 1 saturated heterocycles. The Bertz CT molecular complexity index is 1450. The van der Waals surface area contributed by atoms with Gasteiger partial charge in [-0.3, -0.25) is 9.05 Å². The van der Waals surface area contributed by atoms with Crippen molar-refractivity contribution in [2.75, 3.05) is 26.2 Å². The minimum atomic E-state index is -0.826. The Morgan fingerprint density at radius 2 is 1.03 bits per heavy atom. The van der Waals surface area contributed by atoms with Gasteiger partial charge in [-0.05, 0) is 49.3 Å². The highest BCUT2D eigenvalue weighted by atomic mass is 31.1. The lowest BCUT2D eigenvalue weighted by atomic mass is 10.0. The van der Waals surface area contributed by atoms with Gasteiger partial charge in [0.25, 0.3) is 0 Å². The van der Waals surface area contributed by atoms with E-state index in [1.54, 1.807) is 0 Å². The van der Waals surface area contributed by atoms with Crippen molar-refractivity contribution >= 4 is 27.0 Å². The molecule has 0 aromatic heterocycles. The Kier molecular flexibility index (Phi) is 5.14. The fourth-order valence-corrected chi connectivity index (χ4v) is 9.38. The maximum atomic E-state index is 6.66. The smallest absolute Gasteiger partial charge is 0.269 e. The number of piperazine rings is 1. The van der Waals surface area contributed by atoms with Crippen molar-refractivity contribution < 1.29 is 9.05 Å². The number of fused-ring (bicyclic) bond motifs is 4. The van der Waals surface area contributed by atoms with Crippen LogP contribution in [-0.4, -0.2) is 35.5 Å². The Labute approximate surface area is 201 Å². The summed E-state index contributed by atoms with van der Waals surface area (Å²) in [6, 6.07) is 17.7. The molecule has 3 heterocycles. The number of rotatable bonds is 2. The first-order valence-corrected chi connectivity index (χ1v) is 14.4. The van der Waals surface area contributed by atoms with E-state index in [1.807, 2.05) is 0 Å². The van der Waals surface area contributed by atoms with E-state index in [4.69, 9.17) is 9.05 Å². The molecule has 0 bridgehead atoms. The molecule has 0 spiro atoms. The summed E-state index contributed by atoms with van der Waals surface area (Å²) in [6.45, 7) is 3.94. The van der Waals surface area contributed by atoms with Gasteiger partial charge in [-0.25, -0.2) is 0 Å². The van der Waals surface area contributed by atoms with Crippen LogP contribution in [0.4, 0.5) is 0 Å². The minimum absolute atomic E-state index is 0.826. The number of benzene rings is 2. The Morgan fingerprint density at radius 3 is 1.50 bits per heavy atom. The zero-order valence-electron chi connectivity index (χ0n) is 18.9. The molecule has 0 radical (unpaired) electrons. The lowest BCUT2D eigenvalue weighted by Crippen LogP contribution is -2.41. The van der Waals surface area contributed by atoms with Crippen LogP contribution < -0.4 is 10.4 Å². The molecule has 2 aliphatic carbocycles. The average Bonchev–Trinajstić information content (AvgIpc) is 2.92. The van der Waals surface area contributed by atoms with Crippen LogP contribution in [0.5, 0.6) is 0 Å². The molecule has 2 unspecified atom stereocenters. The Morgan fingerprint density at radius 1 is 0.588 bits per heavy atom. The predicted molar refractivity (Wildman–Crippen MR) is 139 cm³/mol. The standard InChI is InChI=1S/C28H26N2O2P2/c1-5-13-25-21(9-1)23-11-3-7-15-27(23)33(31-25)29-17-19-30(20-18-29)34-28-16-8-4-12-24(28)22-10-2-6-14-26(22)32-34/h1-8,11-16H,9-10,17-20H2/q+2. The van der Waals surface area contributed by atoms with Gasteiger partial charge in [-0.2, -0.15) is 0 Å². The molecular weight excluding hydrogens is 458 g/mol. The molecule has 2 aromatic rings. The van der Waals surface area contributed by atoms with Gasteiger partial charge in [0.15, 0.2) is 11.5 Å². The zero-order valence-corrected chi connectivity index (χ0v) is 20.7. The third kappa shape index (κ3) is 3.37. The molecule has 1 fully saturated rings. The molecule has 3 aliphatic heterocycles. The van der Waals surface area contributed by atoms with Gasteiger partial charge in [-0.1, -0.05) is 57.9 Å². The van der Waals surface area contributed by atoms with Gasteiger partial charge in [0.05, 0.1) is 26.2 Å². The van der Waals surface area contributed by atoms with Gasteiger partial charge < -0.3 is 0 Å². The average molecular weight is 484 g/mol. The SMILES string of the molecule is C1=CCC2=c3ccccc3=[P+](N3CCN([P+]4=c5ccccc5=C5CC=CC=C5O4)CC3)OC2=C1. The van der Waals surface area contributed by atoms with Crippen molar-refractivity contribution in [1.82, 2.24) is 9.34 Å². The normalized spacial score (nSPS) is 23.6. The van der Waals surface area contributed by atoms with E-state index < -0.39 is 15.8 Å². The van der Waals surface area contributed by atoms with Crippen LogP contribution in [0.25, 0.3) is 11.1 Å². The molecule has 6 heteroatoms. The van der Waals surface area contributed by atoms with Crippen molar-refractivity contribution in [3.05, 3.63) is 117 Å². The second-order valence-electron chi connectivity index (χ2n) is 8.95. The summed E-state index contributed by atoms with van der Waals surface area (Å²) in [7, 11) is -1.65. The van der Waals surface area contributed by atoms with Crippen LogP contribution in [0.2, 0.25) is 0 Å². The van der Waals surface area contributed by atoms with Crippen LogP contribution in [0.1, 0.15) is 12.8 Å². The van der Waals surface area contributed by atoms with Crippen molar-refractivity contribution in [2.45, 2.75) is 12.8 Å². The molecule has 168 valence electrons. The molecule has 2 atom stereocenters. The van der Waals surface area contributed by atoms with Crippen LogP contribution in [-0.2, 0) is 9.05 Å². The van der Waals surface area contributed by atoms with Gasteiger partial charge in [-0.15, -0.1) is 0 Å². The maximum absolute atomic E-state index is 6.66. The maximum Gasteiger partial charge on any atom is 0.412 e. The summed E-state index contributed by atoms with van der Waals surface area (Å²) in [6.07, 6.45) is 14.9. The van der Waals surface area contributed by atoms with E-state index in [-0.39, 0.29) is 0 Å². The first kappa shape index (κ1) is 20.6. The summed E-state index contributed by atoms with van der Waals surface area (Å²) >= 11 is 0. The molecule has 0 N–H and O–H groups in total. The third-order valence-corrected chi connectivity index (χ3v) is 11.2. The lowest BCUT2D eigenvalue weighted by Gasteiger charge is -2.27. The number of allylic oxidation sites excluding steroid dienone is 8. The number of hydrogen-bond acceptors (Lipinski definition) is 4. The van der Waals surface area contributed by atoms with E-state index >= 15 is 0 Å². The lowest BCUT2D eigenvalue weighted by molar-refractivity contribution is 0.263. The second-order valence-corrected chi connectivity index (χ2v) is 12.5. The van der Waals surface area contributed by atoms with Crippen LogP contribution in [0, 0.1) is 9.88 Å². The fraction of sp³-hybridized carbons (Fsp3) is 0.214. The van der Waals surface area contributed by atoms with Gasteiger partial charge >= 0.3 is 15.8 Å². The van der Waals surface area contributed by atoms with Gasteiger partial charge in [0, 0.05) is 21.6 Å². The largest absolute Gasteiger partial charge is 0.412 e. The van der Waals surface area contributed by atoms with Gasteiger partial charge in [0.1, 0.15) is 0 Å². The second kappa shape index (κ2) is 8.48. The van der Waals surface area contributed by atoms with Crippen molar-refractivity contribution in [3.8, 4) is 0 Å². The fourth-order valence-electron chi connectivity index (χ4n) is 5.29. The first-order chi connectivity index (χ1) is 16.9. The summed E-state index contributed by atoms with van der Waals surface area (Å²) in [5, 5.41) is 2.74. The quantitative estimate of drug-likeness (QED) is 0.549. The molecule has 34 heavy (non-hydrogen) atoms. The van der Waals surface area contributed by atoms with E-state index in [0.717, 1.165) is 50.5 Å². The molecular formula is C28H26N2O2P2+2. The van der Waals surface area contributed by atoms with Crippen molar-refractivity contribution in [2.24, 2.45) is 0 Å². The summed E-state index contributed by atoms with van der Waals surface area (Å²) in [4.78, 5) is 2.72. The topological polar surface area (TPSA) is 24.9 Å². The summed E-state index contributed by atoms with van der Waals surface area (Å²) < 4.78 is 18.4.